The summed E-state index contributed by atoms with van der Waals surface area (Å²) in [4.78, 5) is 6.49. The molecule has 23 heavy (non-hydrogen) atoms. The van der Waals surface area contributed by atoms with Crippen molar-refractivity contribution in [3.05, 3.63) is 35.5 Å². The molecule has 0 saturated carbocycles. The van der Waals surface area contributed by atoms with E-state index in [0.29, 0.717) is 38.0 Å². The second-order valence-electron chi connectivity index (χ2n) is 5.82. The van der Waals surface area contributed by atoms with Crippen LogP contribution < -0.4 is 4.74 Å². The molecule has 0 saturated heterocycles. The summed E-state index contributed by atoms with van der Waals surface area (Å²) >= 11 is 0. The Morgan fingerprint density at radius 1 is 1.39 bits per heavy atom. The molecule has 7 heteroatoms. The summed E-state index contributed by atoms with van der Waals surface area (Å²) in [6.07, 6.45) is 0.129. The number of fused-ring (bicyclic) bond motifs is 1. The SMILES string of the molecule is CC(C)OCc1noc(CN2CCOc3ccc(O)cc3C2)n1. The number of hydrogen-bond acceptors (Lipinski definition) is 7. The van der Waals surface area contributed by atoms with Gasteiger partial charge in [0.2, 0.25) is 5.89 Å². The topological polar surface area (TPSA) is 80.9 Å². The predicted molar refractivity (Wildman–Crippen MR) is 81.9 cm³/mol. The molecule has 7 nitrogen and oxygen atoms in total. The van der Waals surface area contributed by atoms with Crippen LogP contribution in [0.3, 0.4) is 0 Å². The molecule has 124 valence electrons. The van der Waals surface area contributed by atoms with Crippen LogP contribution in [-0.2, 0) is 24.4 Å². The normalized spacial score (nSPS) is 15.3. The first-order chi connectivity index (χ1) is 11.1. The summed E-state index contributed by atoms with van der Waals surface area (Å²) in [6, 6.07) is 5.15. The molecule has 0 spiro atoms. The van der Waals surface area contributed by atoms with Gasteiger partial charge in [0.15, 0.2) is 5.82 Å². The maximum absolute atomic E-state index is 9.63. The summed E-state index contributed by atoms with van der Waals surface area (Å²) in [7, 11) is 0. The van der Waals surface area contributed by atoms with Crippen molar-refractivity contribution in [3.63, 3.8) is 0 Å². The van der Waals surface area contributed by atoms with Gasteiger partial charge in [0, 0.05) is 18.7 Å². The third-order valence-corrected chi connectivity index (χ3v) is 3.52. The number of phenolic OH excluding ortho intramolecular Hbond substituents is 1. The number of nitrogens with zero attached hydrogens (tertiary/aromatic N) is 3. The number of aromatic hydroxyl groups is 1. The molecule has 0 unspecified atom stereocenters. The van der Waals surface area contributed by atoms with E-state index in [2.05, 4.69) is 15.0 Å². The van der Waals surface area contributed by atoms with Crippen molar-refractivity contribution >= 4 is 0 Å². The molecule has 0 radical (unpaired) electrons. The minimum Gasteiger partial charge on any atom is -0.508 e. The van der Waals surface area contributed by atoms with Crippen LogP contribution in [0.4, 0.5) is 0 Å². The van der Waals surface area contributed by atoms with Crippen molar-refractivity contribution < 1.29 is 19.1 Å². The van der Waals surface area contributed by atoms with Crippen LogP contribution in [0.1, 0.15) is 31.1 Å². The van der Waals surface area contributed by atoms with Crippen LogP contribution in [0.15, 0.2) is 22.7 Å². The highest BCUT2D eigenvalue weighted by Gasteiger charge is 2.18. The van der Waals surface area contributed by atoms with Crippen LogP contribution in [0.2, 0.25) is 0 Å². The van der Waals surface area contributed by atoms with Gasteiger partial charge in [-0.25, -0.2) is 0 Å². The number of aromatic nitrogens is 2. The maximum Gasteiger partial charge on any atom is 0.240 e. The summed E-state index contributed by atoms with van der Waals surface area (Å²) in [5.41, 5.74) is 0.949. The zero-order valence-corrected chi connectivity index (χ0v) is 13.4. The van der Waals surface area contributed by atoms with E-state index in [1.54, 1.807) is 18.2 Å². The van der Waals surface area contributed by atoms with E-state index in [-0.39, 0.29) is 11.9 Å². The van der Waals surface area contributed by atoms with Crippen LogP contribution in [0.25, 0.3) is 0 Å². The Morgan fingerprint density at radius 3 is 3.09 bits per heavy atom. The molecule has 0 amide bonds. The largest absolute Gasteiger partial charge is 0.508 e. The number of ether oxygens (including phenoxy) is 2. The number of phenols is 1. The average molecular weight is 319 g/mol. The molecule has 0 aliphatic carbocycles. The number of benzene rings is 1. The Bertz CT molecular complexity index is 657. The summed E-state index contributed by atoms with van der Waals surface area (Å²) in [5.74, 6) is 2.15. The smallest absolute Gasteiger partial charge is 0.240 e. The lowest BCUT2D eigenvalue weighted by Crippen LogP contribution is -2.25. The Kier molecular flexibility index (Phi) is 4.78. The highest BCUT2D eigenvalue weighted by atomic mass is 16.5. The number of rotatable bonds is 5. The fraction of sp³-hybridized carbons (Fsp3) is 0.500. The molecule has 1 aliphatic heterocycles. The van der Waals surface area contributed by atoms with Gasteiger partial charge in [-0.2, -0.15) is 4.98 Å². The third kappa shape index (κ3) is 4.20. The van der Waals surface area contributed by atoms with Crippen molar-refractivity contribution in [1.29, 1.82) is 0 Å². The Hall–Kier alpha value is -2.12. The van der Waals surface area contributed by atoms with Gasteiger partial charge in [0.05, 0.1) is 12.6 Å². The standard InChI is InChI=1S/C16H21N3O4/c1-11(2)22-10-15-17-16(23-18-15)9-19-5-6-21-14-4-3-13(20)7-12(14)8-19/h3-4,7,11,20H,5-6,8-10H2,1-2H3. The van der Waals surface area contributed by atoms with Gasteiger partial charge in [-0.3, -0.25) is 4.90 Å². The molecule has 1 aromatic carbocycles. The molecule has 1 N–H and O–H groups in total. The lowest BCUT2D eigenvalue weighted by atomic mass is 10.2. The summed E-state index contributed by atoms with van der Waals surface area (Å²) in [5, 5.41) is 13.6. The van der Waals surface area contributed by atoms with E-state index in [0.717, 1.165) is 17.9 Å². The number of hydrogen-bond donors (Lipinski definition) is 1. The van der Waals surface area contributed by atoms with Crippen molar-refractivity contribution in [3.8, 4) is 11.5 Å². The van der Waals surface area contributed by atoms with Gasteiger partial charge >= 0.3 is 0 Å². The first kappa shape index (κ1) is 15.8. The van der Waals surface area contributed by atoms with Gasteiger partial charge < -0.3 is 19.1 Å². The zero-order chi connectivity index (χ0) is 16.2. The molecule has 3 rings (SSSR count). The van der Waals surface area contributed by atoms with E-state index >= 15 is 0 Å². The van der Waals surface area contributed by atoms with Crippen molar-refractivity contribution in [2.24, 2.45) is 0 Å². The average Bonchev–Trinajstić information content (AvgIpc) is 2.85. The first-order valence-electron chi connectivity index (χ1n) is 7.70. The van der Waals surface area contributed by atoms with Gasteiger partial charge in [0.25, 0.3) is 0 Å². The first-order valence-corrected chi connectivity index (χ1v) is 7.70. The highest BCUT2D eigenvalue weighted by Crippen LogP contribution is 2.27. The Labute approximate surface area is 134 Å². The van der Waals surface area contributed by atoms with Gasteiger partial charge in [-0.15, -0.1) is 0 Å². The molecule has 1 aliphatic rings. The molecule has 1 aromatic heterocycles. The minimum atomic E-state index is 0.129. The van der Waals surface area contributed by atoms with Crippen LogP contribution in [-0.4, -0.2) is 39.4 Å². The van der Waals surface area contributed by atoms with E-state index in [9.17, 15) is 5.11 Å². The fourth-order valence-corrected chi connectivity index (χ4v) is 2.42. The quantitative estimate of drug-likeness (QED) is 0.903. The Balaban J connectivity index is 1.64. The lowest BCUT2D eigenvalue weighted by Gasteiger charge is -2.16. The van der Waals surface area contributed by atoms with Crippen molar-refractivity contribution in [1.82, 2.24) is 15.0 Å². The van der Waals surface area contributed by atoms with E-state index in [1.807, 2.05) is 13.8 Å². The highest BCUT2D eigenvalue weighted by molar-refractivity contribution is 5.40. The van der Waals surface area contributed by atoms with E-state index < -0.39 is 0 Å². The van der Waals surface area contributed by atoms with Gasteiger partial charge in [-0.05, 0) is 32.0 Å². The third-order valence-electron chi connectivity index (χ3n) is 3.52. The lowest BCUT2D eigenvalue weighted by molar-refractivity contribution is 0.0601. The van der Waals surface area contributed by atoms with Crippen LogP contribution >= 0.6 is 0 Å². The predicted octanol–water partition coefficient (Wildman–Crippen LogP) is 2.09. The second-order valence-corrected chi connectivity index (χ2v) is 5.82. The van der Waals surface area contributed by atoms with Crippen LogP contribution in [0.5, 0.6) is 11.5 Å². The van der Waals surface area contributed by atoms with E-state index in [1.165, 1.54) is 0 Å². The van der Waals surface area contributed by atoms with E-state index in [4.69, 9.17) is 14.0 Å². The Morgan fingerprint density at radius 2 is 2.26 bits per heavy atom. The molecule has 2 aromatic rings. The fourth-order valence-electron chi connectivity index (χ4n) is 2.42. The van der Waals surface area contributed by atoms with Crippen molar-refractivity contribution in [2.45, 2.75) is 39.6 Å². The maximum atomic E-state index is 9.63. The second kappa shape index (κ2) is 6.97. The van der Waals surface area contributed by atoms with Crippen molar-refractivity contribution in [2.75, 3.05) is 13.2 Å². The van der Waals surface area contributed by atoms with Crippen LogP contribution in [0, 0.1) is 0 Å². The molecule has 0 fully saturated rings. The molecule has 0 bridgehead atoms. The summed E-state index contributed by atoms with van der Waals surface area (Å²) in [6.45, 7) is 6.79. The summed E-state index contributed by atoms with van der Waals surface area (Å²) < 4.78 is 16.4. The minimum absolute atomic E-state index is 0.129. The van der Waals surface area contributed by atoms with Gasteiger partial charge in [-0.1, -0.05) is 5.16 Å². The zero-order valence-electron chi connectivity index (χ0n) is 13.4. The van der Waals surface area contributed by atoms with Gasteiger partial charge in [0.1, 0.15) is 24.7 Å². The molecular formula is C16H21N3O4. The molecule has 2 heterocycles. The molecule has 0 atom stereocenters. The monoisotopic (exact) mass is 319 g/mol. The molecular weight excluding hydrogens is 298 g/mol.